The largest absolute Gasteiger partial charge is 0.493 e. The molecule has 1 saturated heterocycles. The number of hydrogen-bond acceptors (Lipinski definition) is 3. The molecule has 1 aromatic carbocycles. The van der Waals surface area contributed by atoms with Crippen molar-refractivity contribution >= 4 is 15.9 Å². The fourth-order valence-corrected chi connectivity index (χ4v) is 2.90. The molecule has 1 fully saturated rings. The molecule has 1 aliphatic rings. The van der Waals surface area contributed by atoms with Gasteiger partial charge < -0.3 is 14.8 Å². The van der Waals surface area contributed by atoms with E-state index in [0.717, 1.165) is 22.5 Å². The third kappa shape index (κ3) is 2.75. The summed E-state index contributed by atoms with van der Waals surface area (Å²) in [7, 11) is 3.32. The van der Waals surface area contributed by atoms with E-state index in [4.69, 9.17) is 9.47 Å². The van der Waals surface area contributed by atoms with Crippen LogP contribution in [0.5, 0.6) is 11.5 Å². The summed E-state index contributed by atoms with van der Waals surface area (Å²) in [6.45, 7) is 1.09. The predicted octanol–water partition coefficient (Wildman–Crippen LogP) is 3.28. The Bertz CT molecular complexity index is 389. The molecule has 2 rings (SSSR count). The van der Waals surface area contributed by atoms with Crippen molar-refractivity contribution in [2.45, 2.75) is 25.3 Å². The molecular weight excluding hydrogens is 282 g/mol. The van der Waals surface area contributed by atoms with Crippen LogP contribution in [0.25, 0.3) is 0 Å². The van der Waals surface area contributed by atoms with Gasteiger partial charge in [0.25, 0.3) is 0 Å². The number of benzene rings is 1. The second-order valence-electron chi connectivity index (χ2n) is 4.24. The van der Waals surface area contributed by atoms with Crippen LogP contribution in [0, 0.1) is 0 Å². The Balaban J connectivity index is 2.31. The van der Waals surface area contributed by atoms with Gasteiger partial charge in [0.2, 0.25) is 0 Å². The first-order valence-electron chi connectivity index (χ1n) is 5.91. The minimum absolute atomic E-state index is 0.430. The topological polar surface area (TPSA) is 30.5 Å². The van der Waals surface area contributed by atoms with Gasteiger partial charge in [0.1, 0.15) is 0 Å². The SMILES string of the molecule is COc1cc(C2CCCCN2)cc(Br)c1OC. The van der Waals surface area contributed by atoms with E-state index in [1.807, 2.05) is 0 Å². The highest BCUT2D eigenvalue weighted by atomic mass is 79.9. The minimum Gasteiger partial charge on any atom is -0.493 e. The second-order valence-corrected chi connectivity index (χ2v) is 5.10. The number of nitrogens with one attached hydrogen (secondary N) is 1. The minimum atomic E-state index is 0.430. The lowest BCUT2D eigenvalue weighted by molar-refractivity contribution is 0.350. The van der Waals surface area contributed by atoms with Gasteiger partial charge in [-0.05, 0) is 53.0 Å². The molecule has 0 bridgehead atoms. The van der Waals surface area contributed by atoms with Crippen LogP contribution >= 0.6 is 15.9 Å². The van der Waals surface area contributed by atoms with Crippen LogP contribution < -0.4 is 14.8 Å². The van der Waals surface area contributed by atoms with Gasteiger partial charge in [0.15, 0.2) is 11.5 Å². The summed E-state index contributed by atoms with van der Waals surface area (Å²) >= 11 is 3.53. The molecule has 0 saturated carbocycles. The Morgan fingerprint density at radius 1 is 1.24 bits per heavy atom. The van der Waals surface area contributed by atoms with Crippen molar-refractivity contribution in [2.24, 2.45) is 0 Å². The molecule has 1 atom stereocenters. The van der Waals surface area contributed by atoms with Gasteiger partial charge in [-0.15, -0.1) is 0 Å². The molecular formula is C13H18BrNO2. The van der Waals surface area contributed by atoms with Crippen LogP contribution in [-0.2, 0) is 0 Å². The van der Waals surface area contributed by atoms with E-state index in [0.29, 0.717) is 6.04 Å². The highest BCUT2D eigenvalue weighted by Crippen LogP contribution is 2.38. The molecule has 1 aliphatic heterocycles. The molecule has 17 heavy (non-hydrogen) atoms. The molecule has 0 radical (unpaired) electrons. The first-order chi connectivity index (χ1) is 8.26. The molecule has 1 N–H and O–H groups in total. The Hall–Kier alpha value is -0.740. The van der Waals surface area contributed by atoms with E-state index < -0.39 is 0 Å². The number of rotatable bonds is 3. The van der Waals surface area contributed by atoms with Crippen LogP contribution in [0.15, 0.2) is 16.6 Å². The standard InChI is InChI=1S/C13H18BrNO2/c1-16-12-8-9(7-10(14)13(12)17-2)11-5-3-4-6-15-11/h7-8,11,15H,3-6H2,1-2H3. The van der Waals surface area contributed by atoms with Crippen molar-refractivity contribution in [2.75, 3.05) is 20.8 Å². The second kappa shape index (κ2) is 5.74. The molecule has 0 spiro atoms. The van der Waals surface area contributed by atoms with Gasteiger partial charge >= 0.3 is 0 Å². The molecule has 1 aromatic rings. The maximum atomic E-state index is 5.37. The van der Waals surface area contributed by atoms with Gasteiger partial charge in [0.05, 0.1) is 18.7 Å². The lowest BCUT2D eigenvalue weighted by Gasteiger charge is -2.25. The van der Waals surface area contributed by atoms with Gasteiger partial charge in [-0.3, -0.25) is 0 Å². The van der Waals surface area contributed by atoms with Crippen molar-refractivity contribution in [1.29, 1.82) is 0 Å². The average Bonchev–Trinajstić information content (AvgIpc) is 2.38. The van der Waals surface area contributed by atoms with Crippen molar-refractivity contribution in [3.05, 3.63) is 22.2 Å². The Labute approximate surface area is 111 Å². The zero-order valence-corrected chi connectivity index (χ0v) is 11.8. The summed E-state index contributed by atoms with van der Waals surface area (Å²) in [6, 6.07) is 4.61. The Kier molecular flexibility index (Phi) is 4.29. The molecule has 3 nitrogen and oxygen atoms in total. The van der Waals surface area contributed by atoms with Crippen LogP contribution in [0.3, 0.4) is 0 Å². The molecule has 94 valence electrons. The molecule has 0 aliphatic carbocycles. The van der Waals surface area contributed by atoms with Gasteiger partial charge in [0, 0.05) is 6.04 Å². The third-order valence-electron chi connectivity index (χ3n) is 3.17. The summed E-state index contributed by atoms with van der Waals surface area (Å²) in [5, 5.41) is 3.53. The average molecular weight is 300 g/mol. The molecule has 0 aromatic heterocycles. The van der Waals surface area contributed by atoms with E-state index in [-0.39, 0.29) is 0 Å². The van der Waals surface area contributed by atoms with E-state index >= 15 is 0 Å². The number of hydrogen-bond donors (Lipinski definition) is 1. The van der Waals surface area contributed by atoms with E-state index in [2.05, 4.69) is 33.4 Å². The smallest absolute Gasteiger partial charge is 0.174 e. The number of piperidine rings is 1. The number of halogens is 1. The van der Waals surface area contributed by atoms with E-state index in [9.17, 15) is 0 Å². The van der Waals surface area contributed by atoms with Crippen molar-refractivity contribution in [3.8, 4) is 11.5 Å². The molecule has 4 heteroatoms. The monoisotopic (exact) mass is 299 g/mol. The summed E-state index contributed by atoms with van der Waals surface area (Å²) in [5.41, 5.74) is 1.26. The Morgan fingerprint density at radius 3 is 2.65 bits per heavy atom. The predicted molar refractivity (Wildman–Crippen MR) is 71.8 cm³/mol. The van der Waals surface area contributed by atoms with Crippen molar-refractivity contribution in [3.63, 3.8) is 0 Å². The maximum Gasteiger partial charge on any atom is 0.174 e. The molecule has 0 amide bonds. The fraction of sp³-hybridized carbons (Fsp3) is 0.538. The lowest BCUT2D eigenvalue weighted by atomic mass is 9.97. The van der Waals surface area contributed by atoms with Gasteiger partial charge in [-0.25, -0.2) is 0 Å². The van der Waals surface area contributed by atoms with Gasteiger partial charge in [-0.1, -0.05) is 6.42 Å². The van der Waals surface area contributed by atoms with E-state index in [1.54, 1.807) is 14.2 Å². The van der Waals surface area contributed by atoms with Crippen LogP contribution in [0.4, 0.5) is 0 Å². The third-order valence-corrected chi connectivity index (χ3v) is 3.76. The summed E-state index contributed by atoms with van der Waals surface area (Å²) in [5.74, 6) is 1.54. The number of methoxy groups -OCH3 is 2. The summed E-state index contributed by atoms with van der Waals surface area (Å²) in [4.78, 5) is 0. The Morgan fingerprint density at radius 2 is 2.06 bits per heavy atom. The van der Waals surface area contributed by atoms with E-state index in [1.165, 1.54) is 24.8 Å². The van der Waals surface area contributed by atoms with Crippen molar-refractivity contribution in [1.82, 2.24) is 5.32 Å². The first-order valence-corrected chi connectivity index (χ1v) is 6.70. The molecule has 1 unspecified atom stereocenters. The molecule has 1 heterocycles. The highest BCUT2D eigenvalue weighted by molar-refractivity contribution is 9.10. The zero-order chi connectivity index (χ0) is 12.3. The summed E-state index contributed by atoms with van der Waals surface area (Å²) in [6.07, 6.45) is 3.73. The lowest BCUT2D eigenvalue weighted by Crippen LogP contribution is -2.26. The number of ether oxygens (including phenoxy) is 2. The van der Waals surface area contributed by atoms with Crippen molar-refractivity contribution < 1.29 is 9.47 Å². The zero-order valence-electron chi connectivity index (χ0n) is 10.3. The van der Waals surface area contributed by atoms with Crippen LogP contribution in [-0.4, -0.2) is 20.8 Å². The fourth-order valence-electron chi connectivity index (χ4n) is 2.28. The normalized spacial score (nSPS) is 20.1. The maximum absolute atomic E-state index is 5.37. The van der Waals surface area contributed by atoms with Crippen LogP contribution in [0.1, 0.15) is 30.9 Å². The summed E-state index contributed by atoms with van der Waals surface area (Å²) < 4.78 is 11.6. The first kappa shape index (κ1) is 12.7. The van der Waals surface area contributed by atoms with Crippen LogP contribution in [0.2, 0.25) is 0 Å². The quantitative estimate of drug-likeness (QED) is 0.929. The van der Waals surface area contributed by atoms with Gasteiger partial charge in [-0.2, -0.15) is 0 Å². The highest BCUT2D eigenvalue weighted by Gasteiger charge is 2.18.